The zero-order chi connectivity index (χ0) is 18.1. The van der Waals surface area contributed by atoms with Crippen molar-refractivity contribution in [1.82, 2.24) is 4.90 Å². The minimum atomic E-state index is -1.17. The Hall–Kier alpha value is -2.10. The van der Waals surface area contributed by atoms with Crippen molar-refractivity contribution in [2.24, 2.45) is 5.16 Å². The Morgan fingerprint density at radius 2 is 1.88 bits per heavy atom. The lowest BCUT2D eigenvalue weighted by atomic mass is 9.96. The van der Waals surface area contributed by atoms with Crippen LogP contribution in [0.4, 0.5) is 13.2 Å². The topological polar surface area (TPSA) is 52.9 Å². The maximum Gasteiger partial charge on any atom is 0.254 e. The van der Waals surface area contributed by atoms with Gasteiger partial charge in [-0.15, -0.1) is 0 Å². The van der Waals surface area contributed by atoms with Crippen molar-refractivity contribution in [2.45, 2.75) is 6.42 Å². The summed E-state index contributed by atoms with van der Waals surface area (Å²) in [5, 5.41) is 11.6. The summed E-state index contributed by atoms with van der Waals surface area (Å²) in [7, 11) is 0. The zero-order valence-corrected chi connectivity index (χ0v) is 14.9. The second-order valence-electron chi connectivity index (χ2n) is 5.63. The van der Waals surface area contributed by atoms with Crippen molar-refractivity contribution in [2.75, 3.05) is 13.1 Å². The smallest absolute Gasteiger partial charge is 0.254 e. The van der Waals surface area contributed by atoms with E-state index in [0.717, 1.165) is 6.07 Å². The first-order chi connectivity index (χ1) is 11.9. The summed E-state index contributed by atoms with van der Waals surface area (Å²) in [6.45, 7) is 0.233. The van der Waals surface area contributed by atoms with Gasteiger partial charge in [0.25, 0.3) is 5.91 Å². The summed E-state index contributed by atoms with van der Waals surface area (Å²) in [6.07, 6.45) is -0.248. The first-order valence-corrected chi connectivity index (χ1v) is 8.38. The Balaban J connectivity index is 1.97. The number of nitrogens with zero attached hydrogens (tertiary/aromatic N) is 2. The molecule has 0 aromatic heterocycles. The molecule has 1 N–H and O–H groups in total. The second-order valence-corrected chi connectivity index (χ2v) is 6.87. The minimum Gasteiger partial charge on any atom is -0.411 e. The van der Waals surface area contributed by atoms with E-state index in [9.17, 15) is 18.0 Å². The largest absolute Gasteiger partial charge is 0.411 e. The molecule has 130 valence electrons. The molecule has 3 rings (SSSR count). The first-order valence-electron chi connectivity index (χ1n) is 7.30. The molecule has 4 nitrogen and oxygen atoms in total. The van der Waals surface area contributed by atoms with Crippen LogP contribution in [0.15, 0.2) is 35.5 Å². The molecule has 2 aromatic rings. The Bertz CT molecular complexity index is 878. The standard InChI is InChI=1S/C17H12F3IN2O2/c18-14-4-3-12(17(24)23-7-11(8-23)22-25)13(16(14)20)5-9-1-2-10(21)6-15(9)19/h1-4,6,25H,5,7-8H2. The molecule has 0 aliphatic carbocycles. The predicted molar refractivity (Wildman–Crippen MR) is 93.4 cm³/mol. The van der Waals surface area contributed by atoms with Gasteiger partial charge in [0.15, 0.2) is 11.6 Å². The maximum atomic E-state index is 14.3. The van der Waals surface area contributed by atoms with E-state index >= 15 is 0 Å². The van der Waals surface area contributed by atoms with Gasteiger partial charge in [0.1, 0.15) is 5.82 Å². The summed E-state index contributed by atoms with van der Waals surface area (Å²) in [5.74, 6) is -3.33. The third-order valence-corrected chi connectivity index (χ3v) is 4.66. The molecule has 1 saturated heterocycles. The number of carbonyl (C=O) groups is 1. The van der Waals surface area contributed by atoms with Crippen LogP contribution in [0.5, 0.6) is 0 Å². The average molecular weight is 460 g/mol. The van der Waals surface area contributed by atoms with Crippen LogP contribution in [0.25, 0.3) is 0 Å². The number of hydrogen-bond donors (Lipinski definition) is 1. The van der Waals surface area contributed by atoms with E-state index in [1.165, 1.54) is 23.1 Å². The Kier molecular flexibility index (Phi) is 4.98. The van der Waals surface area contributed by atoms with Crippen molar-refractivity contribution >= 4 is 34.2 Å². The predicted octanol–water partition coefficient (Wildman–Crippen LogP) is 3.59. The first kappa shape index (κ1) is 17.7. The van der Waals surface area contributed by atoms with Crippen molar-refractivity contribution in [3.63, 3.8) is 0 Å². The lowest BCUT2D eigenvalue weighted by molar-refractivity contribution is 0.0763. The molecule has 0 unspecified atom stereocenters. The van der Waals surface area contributed by atoms with E-state index in [0.29, 0.717) is 9.28 Å². The lowest BCUT2D eigenvalue weighted by Crippen LogP contribution is -2.50. The van der Waals surface area contributed by atoms with Gasteiger partial charge >= 0.3 is 0 Å². The van der Waals surface area contributed by atoms with Gasteiger partial charge in [-0.1, -0.05) is 11.2 Å². The molecule has 1 amide bonds. The molecule has 8 heteroatoms. The summed E-state index contributed by atoms with van der Waals surface area (Å²) in [5.41, 5.74) is 0.356. The van der Waals surface area contributed by atoms with Crippen molar-refractivity contribution < 1.29 is 23.2 Å². The van der Waals surface area contributed by atoms with Crippen LogP contribution in [-0.2, 0) is 6.42 Å². The summed E-state index contributed by atoms with van der Waals surface area (Å²) >= 11 is 1.94. The quantitative estimate of drug-likeness (QED) is 0.433. The molecule has 1 aliphatic rings. The second kappa shape index (κ2) is 7.03. The van der Waals surface area contributed by atoms with Crippen LogP contribution < -0.4 is 0 Å². The highest BCUT2D eigenvalue weighted by Crippen LogP contribution is 2.25. The van der Waals surface area contributed by atoms with Crippen LogP contribution in [0.3, 0.4) is 0 Å². The summed E-state index contributed by atoms with van der Waals surface area (Å²) < 4.78 is 42.7. The fraction of sp³-hybridized carbons (Fsp3) is 0.176. The van der Waals surface area contributed by atoms with Crippen molar-refractivity contribution in [3.05, 3.63) is 68.0 Å². The normalized spacial score (nSPS) is 13.6. The van der Waals surface area contributed by atoms with Gasteiger partial charge in [0.05, 0.1) is 18.8 Å². The molecule has 1 aliphatic heterocycles. The van der Waals surface area contributed by atoms with Crippen LogP contribution in [0, 0.1) is 21.0 Å². The monoisotopic (exact) mass is 460 g/mol. The average Bonchev–Trinajstić information content (AvgIpc) is 2.53. The fourth-order valence-corrected chi connectivity index (χ4v) is 3.05. The van der Waals surface area contributed by atoms with Crippen molar-refractivity contribution in [3.8, 4) is 0 Å². The number of halogens is 4. The maximum absolute atomic E-state index is 14.3. The van der Waals surface area contributed by atoms with Crippen LogP contribution in [0.2, 0.25) is 0 Å². The van der Waals surface area contributed by atoms with Gasteiger partial charge in [-0.25, -0.2) is 13.2 Å². The van der Waals surface area contributed by atoms with Gasteiger partial charge in [-0.3, -0.25) is 4.79 Å². The molecular weight excluding hydrogens is 448 g/mol. The van der Waals surface area contributed by atoms with E-state index in [4.69, 9.17) is 5.21 Å². The third-order valence-electron chi connectivity index (χ3n) is 3.98. The van der Waals surface area contributed by atoms with Gasteiger partial charge in [-0.2, -0.15) is 0 Å². The number of hydrogen-bond acceptors (Lipinski definition) is 3. The molecule has 0 spiro atoms. The van der Waals surface area contributed by atoms with Crippen molar-refractivity contribution in [1.29, 1.82) is 0 Å². The van der Waals surface area contributed by atoms with Crippen LogP contribution in [-0.4, -0.2) is 34.8 Å². The molecule has 0 bridgehead atoms. The lowest BCUT2D eigenvalue weighted by Gasteiger charge is -2.32. The fourth-order valence-electron chi connectivity index (χ4n) is 2.59. The van der Waals surface area contributed by atoms with Gasteiger partial charge in [0.2, 0.25) is 0 Å². The molecule has 0 radical (unpaired) electrons. The van der Waals surface area contributed by atoms with Gasteiger partial charge in [-0.05, 0) is 52.4 Å². The molecular formula is C17H12F3IN2O2. The number of likely N-dealkylation sites (tertiary alicyclic amines) is 1. The molecule has 0 saturated carbocycles. The third kappa shape index (κ3) is 3.48. The Labute approximate surface area is 155 Å². The molecule has 25 heavy (non-hydrogen) atoms. The summed E-state index contributed by atoms with van der Waals surface area (Å²) in [6, 6.07) is 6.48. The number of oxime groups is 1. The highest BCUT2D eigenvalue weighted by molar-refractivity contribution is 14.1. The SMILES string of the molecule is O=C(c1ccc(F)c(F)c1Cc1ccc(I)cc1F)N1CC(=NO)C1. The van der Waals surface area contributed by atoms with Gasteiger partial charge < -0.3 is 10.1 Å². The number of benzene rings is 2. The van der Waals surface area contributed by atoms with Crippen LogP contribution >= 0.6 is 22.6 Å². The zero-order valence-electron chi connectivity index (χ0n) is 12.8. The highest BCUT2D eigenvalue weighted by atomic mass is 127. The Morgan fingerprint density at radius 1 is 1.16 bits per heavy atom. The Morgan fingerprint density at radius 3 is 2.52 bits per heavy atom. The van der Waals surface area contributed by atoms with E-state index in [2.05, 4.69) is 5.16 Å². The number of carbonyl (C=O) groups excluding carboxylic acids is 1. The van der Waals surface area contributed by atoms with E-state index in [1.807, 2.05) is 22.6 Å². The van der Waals surface area contributed by atoms with E-state index in [-0.39, 0.29) is 36.2 Å². The molecule has 1 heterocycles. The van der Waals surface area contributed by atoms with Gasteiger partial charge in [0, 0.05) is 21.1 Å². The number of rotatable bonds is 3. The molecule has 1 fully saturated rings. The summed E-state index contributed by atoms with van der Waals surface area (Å²) in [4.78, 5) is 13.8. The number of amides is 1. The molecule has 2 aromatic carbocycles. The highest BCUT2D eigenvalue weighted by Gasteiger charge is 2.30. The van der Waals surface area contributed by atoms with E-state index in [1.54, 1.807) is 6.07 Å². The minimum absolute atomic E-state index is 0.0335. The van der Waals surface area contributed by atoms with E-state index < -0.39 is 23.4 Å². The molecule has 0 atom stereocenters. The van der Waals surface area contributed by atoms with Crippen LogP contribution in [0.1, 0.15) is 21.5 Å².